The van der Waals surface area contributed by atoms with E-state index in [0.29, 0.717) is 5.96 Å². The van der Waals surface area contributed by atoms with Gasteiger partial charge in [0.15, 0.2) is 5.96 Å². The van der Waals surface area contributed by atoms with Crippen LogP contribution in [-0.4, -0.2) is 30.5 Å². The summed E-state index contributed by atoms with van der Waals surface area (Å²) in [5.74, 6) is 0.642. The maximum Gasteiger partial charge on any atom is 0.191 e. The number of hydrogen-bond donors (Lipinski definition) is 1. The molecular formula is C15H23ClIN3. The van der Waals surface area contributed by atoms with Gasteiger partial charge in [0.05, 0.1) is 6.54 Å². The van der Waals surface area contributed by atoms with Gasteiger partial charge < -0.3 is 10.6 Å². The van der Waals surface area contributed by atoms with Crippen molar-refractivity contribution >= 4 is 41.5 Å². The van der Waals surface area contributed by atoms with Crippen LogP contribution in [0.1, 0.15) is 32.3 Å². The molecule has 0 heterocycles. The second-order valence-corrected chi connectivity index (χ2v) is 5.51. The number of aliphatic imine (C=N–C) groups is 1. The molecule has 20 heavy (non-hydrogen) atoms. The smallest absolute Gasteiger partial charge is 0.191 e. The predicted molar refractivity (Wildman–Crippen MR) is 97.2 cm³/mol. The molecule has 1 fully saturated rings. The largest absolute Gasteiger partial charge is 0.370 e. The Morgan fingerprint density at radius 2 is 1.90 bits per heavy atom. The zero-order valence-corrected chi connectivity index (χ0v) is 15.2. The van der Waals surface area contributed by atoms with E-state index in [1.807, 2.05) is 18.2 Å². The summed E-state index contributed by atoms with van der Waals surface area (Å²) in [6, 6.07) is 8.07. The molecule has 3 nitrogen and oxygen atoms in total. The Hall–Kier alpha value is -0.490. The van der Waals surface area contributed by atoms with Gasteiger partial charge in [0.1, 0.15) is 0 Å². The van der Waals surface area contributed by atoms with Crippen LogP contribution in [-0.2, 0) is 5.41 Å². The van der Waals surface area contributed by atoms with Gasteiger partial charge in [0.2, 0.25) is 0 Å². The average molecular weight is 408 g/mol. The first-order chi connectivity index (χ1) is 9.13. The molecule has 0 bridgehead atoms. The van der Waals surface area contributed by atoms with Gasteiger partial charge in [-0.05, 0) is 38.3 Å². The predicted octanol–water partition coefficient (Wildman–Crippen LogP) is 3.65. The third-order valence-corrected chi connectivity index (χ3v) is 4.26. The van der Waals surface area contributed by atoms with Crippen molar-refractivity contribution in [2.75, 3.05) is 19.6 Å². The van der Waals surface area contributed by atoms with Crippen LogP contribution < -0.4 is 5.73 Å². The van der Waals surface area contributed by atoms with E-state index < -0.39 is 0 Å². The van der Waals surface area contributed by atoms with E-state index in [4.69, 9.17) is 17.3 Å². The number of rotatable bonds is 5. The molecule has 0 amide bonds. The number of hydrogen-bond acceptors (Lipinski definition) is 1. The first kappa shape index (κ1) is 17.6. The SMILES string of the molecule is CCN(CC)C(N)=NCC1(c2ccccc2Cl)CC1.I. The van der Waals surface area contributed by atoms with E-state index >= 15 is 0 Å². The van der Waals surface area contributed by atoms with Crippen LogP contribution in [0.25, 0.3) is 0 Å². The number of benzene rings is 1. The van der Waals surface area contributed by atoms with Gasteiger partial charge in [-0.1, -0.05) is 29.8 Å². The van der Waals surface area contributed by atoms with Crippen LogP contribution in [0.4, 0.5) is 0 Å². The monoisotopic (exact) mass is 407 g/mol. The Morgan fingerprint density at radius 1 is 1.30 bits per heavy atom. The maximum atomic E-state index is 6.29. The van der Waals surface area contributed by atoms with Crippen molar-refractivity contribution in [1.82, 2.24) is 4.90 Å². The molecule has 0 atom stereocenters. The van der Waals surface area contributed by atoms with E-state index in [1.165, 1.54) is 5.56 Å². The molecule has 2 rings (SSSR count). The number of guanidine groups is 1. The summed E-state index contributed by atoms with van der Waals surface area (Å²) in [4.78, 5) is 6.65. The summed E-state index contributed by atoms with van der Waals surface area (Å²) in [5.41, 5.74) is 7.37. The average Bonchev–Trinajstić information content (AvgIpc) is 3.19. The van der Waals surface area contributed by atoms with Crippen LogP contribution in [0.2, 0.25) is 5.02 Å². The summed E-state index contributed by atoms with van der Waals surface area (Å²) in [6.07, 6.45) is 2.29. The van der Waals surface area contributed by atoms with Gasteiger partial charge in [0, 0.05) is 23.5 Å². The molecule has 5 heteroatoms. The highest BCUT2D eigenvalue weighted by Crippen LogP contribution is 2.50. The molecule has 2 N–H and O–H groups in total. The third-order valence-electron chi connectivity index (χ3n) is 3.93. The second kappa shape index (κ2) is 7.50. The lowest BCUT2D eigenvalue weighted by Crippen LogP contribution is -2.37. The highest BCUT2D eigenvalue weighted by atomic mass is 127. The minimum Gasteiger partial charge on any atom is -0.370 e. The van der Waals surface area contributed by atoms with Crippen molar-refractivity contribution in [3.05, 3.63) is 34.9 Å². The first-order valence-corrected chi connectivity index (χ1v) is 7.30. The minimum atomic E-state index is 0. The lowest BCUT2D eigenvalue weighted by molar-refractivity contribution is 0.456. The molecule has 0 spiro atoms. The molecular weight excluding hydrogens is 385 g/mol. The van der Waals surface area contributed by atoms with E-state index in [0.717, 1.165) is 37.5 Å². The highest BCUT2D eigenvalue weighted by molar-refractivity contribution is 14.0. The molecule has 0 saturated heterocycles. The Balaban J connectivity index is 0.00000200. The zero-order valence-electron chi connectivity index (χ0n) is 12.1. The number of halogens is 2. The second-order valence-electron chi connectivity index (χ2n) is 5.11. The highest BCUT2D eigenvalue weighted by Gasteiger charge is 2.45. The van der Waals surface area contributed by atoms with Crippen LogP contribution in [0, 0.1) is 0 Å². The standard InChI is InChI=1S/C15H22ClN3.HI/c1-3-19(4-2)14(17)18-11-15(9-10-15)12-7-5-6-8-13(12)16;/h5-8H,3-4,9-11H2,1-2H3,(H2,17,18);1H. The lowest BCUT2D eigenvalue weighted by Gasteiger charge is -2.21. The van der Waals surface area contributed by atoms with Gasteiger partial charge in [-0.25, -0.2) is 0 Å². The summed E-state index contributed by atoms with van der Waals surface area (Å²) in [7, 11) is 0. The topological polar surface area (TPSA) is 41.6 Å². The molecule has 1 aliphatic rings. The van der Waals surface area contributed by atoms with Gasteiger partial charge in [-0.2, -0.15) is 0 Å². The molecule has 1 saturated carbocycles. The molecule has 0 aliphatic heterocycles. The van der Waals surface area contributed by atoms with Crippen molar-refractivity contribution in [1.29, 1.82) is 0 Å². The summed E-state index contributed by atoms with van der Waals surface area (Å²) in [5, 5.41) is 0.844. The number of nitrogens with two attached hydrogens (primary N) is 1. The van der Waals surface area contributed by atoms with Crippen molar-refractivity contribution in [2.45, 2.75) is 32.1 Å². The van der Waals surface area contributed by atoms with E-state index in [9.17, 15) is 0 Å². The zero-order chi connectivity index (χ0) is 13.9. The quantitative estimate of drug-likeness (QED) is 0.460. The third kappa shape index (κ3) is 3.79. The molecule has 1 aliphatic carbocycles. The summed E-state index contributed by atoms with van der Waals surface area (Å²) < 4.78 is 0. The normalized spacial score (nSPS) is 16.4. The van der Waals surface area contributed by atoms with Crippen LogP contribution in [0.5, 0.6) is 0 Å². The molecule has 112 valence electrons. The molecule has 0 radical (unpaired) electrons. The first-order valence-electron chi connectivity index (χ1n) is 6.93. The maximum absolute atomic E-state index is 6.29. The lowest BCUT2D eigenvalue weighted by atomic mass is 9.96. The molecule has 0 unspecified atom stereocenters. The van der Waals surface area contributed by atoms with E-state index in [2.05, 4.69) is 29.8 Å². The Morgan fingerprint density at radius 3 is 2.40 bits per heavy atom. The van der Waals surface area contributed by atoms with E-state index in [1.54, 1.807) is 0 Å². The Bertz CT molecular complexity index is 468. The van der Waals surface area contributed by atoms with Gasteiger partial charge in [-0.15, -0.1) is 24.0 Å². The van der Waals surface area contributed by atoms with Crippen molar-refractivity contribution in [2.24, 2.45) is 10.7 Å². The fourth-order valence-electron chi connectivity index (χ4n) is 2.43. The minimum absolute atomic E-state index is 0. The van der Waals surface area contributed by atoms with Gasteiger partial charge in [0.25, 0.3) is 0 Å². The van der Waals surface area contributed by atoms with Crippen LogP contribution >= 0.6 is 35.6 Å². The van der Waals surface area contributed by atoms with Crippen molar-refractivity contribution < 1.29 is 0 Å². The number of nitrogens with zero attached hydrogens (tertiary/aromatic N) is 2. The van der Waals surface area contributed by atoms with E-state index in [-0.39, 0.29) is 29.4 Å². The van der Waals surface area contributed by atoms with Crippen molar-refractivity contribution in [3.63, 3.8) is 0 Å². The fraction of sp³-hybridized carbons (Fsp3) is 0.533. The Kier molecular flexibility index (Phi) is 6.58. The van der Waals surface area contributed by atoms with Crippen molar-refractivity contribution in [3.8, 4) is 0 Å². The summed E-state index contributed by atoms with van der Waals surface area (Å²) in [6.45, 7) is 6.70. The fourth-order valence-corrected chi connectivity index (χ4v) is 2.77. The van der Waals surface area contributed by atoms with Crippen LogP contribution in [0.15, 0.2) is 29.3 Å². The molecule has 0 aromatic heterocycles. The van der Waals surface area contributed by atoms with Gasteiger partial charge in [-0.3, -0.25) is 4.99 Å². The van der Waals surface area contributed by atoms with Crippen LogP contribution in [0.3, 0.4) is 0 Å². The molecule has 1 aromatic carbocycles. The van der Waals surface area contributed by atoms with Gasteiger partial charge >= 0.3 is 0 Å². The summed E-state index contributed by atoms with van der Waals surface area (Å²) >= 11 is 6.29. The molecule has 1 aromatic rings. The Labute approximate surface area is 143 Å².